The number of thioether (sulfide) groups is 1. The van der Waals surface area contributed by atoms with Crippen LogP contribution in [0.4, 0.5) is 11.5 Å². The van der Waals surface area contributed by atoms with Gasteiger partial charge in [0.15, 0.2) is 5.69 Å². The van der Waals surface area contributed by atoms with Crippen molar-refractivity contribution < 1.29 is 4.79 Å². The summed E-state index contributed by atoms with van der Waals surface area (Å²) in [5.41, 5.74) is 6.79. The highest BCUT2D eigenvalue weighted by Gasteiger charge is 2.21. The van der Waals surface area contributed by atoms with Crippen LogP contribution in [0, 0.1) is 6.92 Å². The lowest BCUT2D eigenvalue weighted by molar-refractivity contribution is -0.115. The summed E-state index contributed by atoms with van der Waals surface area (Å²) < 4.78 is 1.25. The van der Waals surface area contributed by atoms with Gasteiger partial charge in [-0.1, -0.05) is 48.0 Å². The zero-order valence-electron chi connectivity index (χ0n) is 16.2. The van der Waals surface area contributed by atoms with E-state index < -0.39 is 11.2 Å². The van der Waals surface area contributed by atoms with E-state index in [1.807, 2.05) is 61.5 Å². The maximum Gasteiger partial charge on any atom is 0.330 e. The van der Waals surface area contributed by atoms with Gasteiger partial charge in [-0.15, -0.1) is 11.8 Å². The molecule has 0 radical (unpaired) electrons. The van der Waals surface area contributed by atoms with E-state index in [1.165, 1.54) is 28.3 Å². The number of nitrogen functional groups attached to an aromatic ring is 1. The van der Waals surface area contributed by atoms with Crippen LogP contribution in [0.5, 0.6) is 0 Å². The van der Waals surface area contributed by atoms with Crippen LogP contribution < -0.4 is 21.9 Å². The molecule has 8 heteroatoms. The van der Waals surface area contributed by atoms with Crippen LogP contribution in [0.2, 0.25) is 0 Å². The zero-order chi connectivity index (χ0) is 21.0. The molecular formula is C21H22N4O3S. The number of H-pyrrole nitrogens is 1. The van der Waals surface area contributed by atoms with Crippen LogP contribution >= 0.6 is 11.8 Å². The first kappa shape index (κ1) is 20.5. The third kappa shape index (κ3) is 4.78. The number of carbonyl (C=O) groups is 1. The fourth-order valence-electron chi connectivity index (χ4n) is 2.83. The molecule has 3 rings (SSSR count). The van der Waals surface area contributed by atoms with E-state index in [-0.39, 0.29) is 29.7 Å². The van der Waals surface area contributed by atoms with Gasteiger partial charge in [0.25, 0.3) is 5.56 Å². The predicted octanol–water partition coefficient (Wildman–Crippen LogP) is 2.23. The highest BCUT2D eigenvalue weighted by Crippen LogP contribution is 2.21. The quantitative estimate of drug-likeness (QED) is 0.607. The summed E-state index contributed by atoms with van der Waals surface area (Å²) in [4.78, 5) is 41.7. The number of hydrogen-bond donors (Lipinski definition) is 2. The molecule has 150 valence electrons. The predicted molar refractivity (Wildman–Crippen MR) is 117 cm³/mol. The molecule has 3 N–H and O–H groups in total. The van der Waals surface area contributed by atoms with Gasteiger partial charge in [-0.2, -0.15) is 0 Å². The molecule has 0 aliphatic heterocycles. The average molecular weight is 410 g/mol. The number of nitrogens with zero attached hydrogens (tertiary/aromatic N) is 2. The number of nitrogens with one attached hydrogen (secondary N) is 1. The highest BCUT2D eigenvalue weighted by molar-refractivity contribution is 8.00. The number of anilines is 2. The molecule has 0 saturated heterocycles. The second kappa shape index (κ2) is 8.83. The summed E-state index contributed by atoms with van der Waals surface area (Å²) in [6, 6.07) is 17.1. The average Bonchev–Trinajstić information content (AvgIpc) is 2.71. The second-order valence-electron chi connectivity index (χ2n) is 6.62. The molecule has 0 unspecified atom stereocenters. The summed E-state index contributed by atoms with van der Waals surface area (Å²) in [5.74, 6) is -0.201. The van der Waals surface area contributed by atoms with Gasteiger partial charge in [0.05, 0.1) is 12.3 Å². The van der Waals surface area contributed by atoms with Crippen molar-refractivity contribution >= 4 is 29.2 Å². The van der Waals surface area contributed by atoms with Gasteiger partial charge in [0.2, 0.25) is 5.91 Å². The van der Waals surface area contributed by atoms with Gasteiger partial charge >= 0.3 is 5.69 Å². The number of amides is 1. The first-order valence-electron chi connectivity index (χ1n) is 8.99. The lowest BCUT2D eigenvalue weighted by Crippen LogP contribution is -2.40. The molecule has 0 aliphatic rings. The third-order valence-electron chi connectivity index (χ3n) is 4.49. The van der Waals surface area contributed by atoms with E-state index >= 15 is 0 Å². The largest absolute Gasteiger partial charge is 0.383 e. The summed E-state index contributed by atoms with van der Waals surface area (Å²) in [7, 11) is 1.48. The van der Waals surface area contributed by atoms with E-state index in [0.717, 1.165) is 16.0 Å². The van der Waals surface area contributed by atoms with E-state index in [0.29, 0.717) is 0 Å². The topological polar surface area (TPSA) is 101 Å². The number of carbonyl (C=O) groups excluding carboxylic acids is 1. The van der Waals surface area contributed by atoms with Crippen molar-refractivity contribution in [3.63, 3.8) is 0 Å². The number of aromatic amines is 1. The van der Waals surface area contributed by atoms with Crippen molar-refractivity contribution in [1.82, 2.24) is 9.55 Å². The first-order valence-corrected chi connectivity index (χ1v) is 9.98. The summed E-state index contributed by atoms with van der Waals surface area (Å²) >= 11 is 1.37. The summed E-state index contributed by atoms with van der Waals surface area (Å²) in [5, 5.41) is 0. The van der Waals surface area contributed by atoms with E-state index in [1.54, 1.807) is 0 Å². The Morgan fingerprint density at radius 3 is 2.41 bits per heavy atom. The van der Waals surface area contributed by atoms with E-state index in [9.17, 15) is 14.4 Å². The molecule has 3 aromatic rings. The second-order valence-corrected chi connectivity index (χ2v) is 7.67. The minimum absolute atomic E-state index is 0.0324. The fourth-order valence-corrected chi connectivity index (χ4v) is 3.64. The van der Waals surface area contributed by atoms with Crippen molar-refractivity contribution in [2.45, 2.75) is 18.4 Å². The molecule has 0 aliphatic carbocycles. The molecule has 2 aromatic carbocycles. The Morgan fingerprint density at radius 2 is 1.76 bits per heavy atom. The molecule has 0 bridgehead atoms. The Hall–Kier alpha value is -3.26. The summed E-state index contributed by atoms with van der Waals surface area (Å²) in [6.45, 7) is 2.18. The molecular weight excluding hydrogens is 388 g/mol. The van der Waals surface area contributed by atoms with Crippen LogP contribution in [0.1, 0.15) is 11.1 Å². The summed E-state index contributed by atoms with van der Waals surface area (Å²) in [6.07, 6.45) is 0. The molecule has 1 amide bonds. The lowest BCUT2D eigenvalue weighted by Gasteiger charge is -2.20. The molecule has 1 aromatic heterocycles. The van der Waals surface area contributed by atoms with Crippen LogP contribution in [0.3, 0.4) is 0 Å². The van der Waals surface area contributed by atoms with Gasteiger partial charge in [-0.25, -0.2) is 4.79 Å². The van der Waals surface area contributed by atoms with Crippen LogP contribution in [-0.4, -0.2) is 28.3 Å². The van der Waals surface area contributed by atoms with Crippen LogP contribution in [0.25, 0.3) is 0 Å². The van der Waals surface area contributed by atoms with Gasteiger partial charge in [-0.3, -0.25) is 19.1 Å². The smallest absolute Gasteiger partial charge is 0.330 e. The van der Waals surface area contributed by atoms with Crippen molar-refractivity contribution in [1.29, 1.82) is 0 Å². The Morgan fingerprint density at radius 1 is 1.10 bits per heavy atom. The minimum Gasteiger partial charge on any atom is -0.383 e. The standard InChI is InChI=1S/C21H22N4O3S/c1-14-8-10-16(11-9-14)29-13-17(26)24(2)18-19(22)25(21(28)23-20(18)27)12-15-6-4-3-5-7-15/h3-11H,12-13,22H2,1-2H3,(H,23,27,28). The monoisotopic (exact) mass is 410 g/mol. The van der Waals surface area contributed by atoms with Gasteiger partial charge in [-0.05, 0) is 24.6 Å². The molecule has 0 atom stereocenters. The minimum atomic E-state index is -0.687. The molecule has 1 heterocycles. The Balaban J connectivity index is 1.83. The molecule has 0 saturated carbocycles. The third-order valence-corrected chi connectivity index (χ3v) is 5.49. The highest BCUT2D eigenvalue weighted by atomic mass is 32.2. The van der Waals surface area contributed by atoms with Gasteiger partial charge < -0.3 is 10.6 Å². The fraction of sp³-hybridized carbons (Fsp3) is 0.190. The van der Waals surface area contributed by atoms with Gasteiger partial charge in [0.1, 0.15) is 5.82 Å². The van der Waals surface area contributed by atoms with Crippen molar-refractivity contribution in [2.24, 2.45) is 0 Å². The van der Waals surface area contributed by atoms with Crippen molar-refractivity contribution in [2.75, 3.05) is 23.4 Å². The van der Waals surface area contributed by atoms with Gasteiger partial charge in [0, 0.05) is 11.9 Å². The Kier molecular flexibility index (Phi) is 6.23. The molecule has 0 spiro atoms. The maximum atomic E-state index is 12.7. The lowest BCUT2D eigenvalue weighted by atomic mass is 10.2. The van der Waals surface area contributed by atoms with Crippen molar-refractivity contribution in [3.05, 3.63) is 86.6 Å². The molecule has 0 fully saturated rings. The Bertz CT molecular complexity index is 1120. The maximum absolute atomic E-state index is 12.7. The van der Waals surface area contributed by atoms with Crippen molar-refractivity contribution in [3.8, 4) is 0 Å². The van der Waals surface area contributed by atoms with E-state index in [4.69, 9.17) is 5.73 Å². The number of hydrogen-bond acceptors (Lipinski definition) is 5. The number of nitrogens with two attached hydrogens (primary N) is 1. The number of aryl methyl sites for hydroxylation is 1. The molecule has 7 nitrogen and oxygen atoms in total. The number of aromatic nitrogens is 2. The number of benzene rings is 2. The zero-order valence-corrected chi connectivity index (χ0v) is 17.0. The van der Waals surface area contributed by atoms with Crippen LogP contribution in [0.15, 0.2) is 69.1 Å². The van der Waals surface area contributed by atoms with Crippen LogP contribution in [-0.2, 0) is 11.3 Å². The molecule has 29 heavy (non-hydrogen) atoms. The number of rotatable bonds is 6. The first-order chi connectivity index (χ1) is 13.9. The van der Waals surface area contributed by atoms with E-state index in [2.05, 4.69) is 4.98 Å². The normalized spacial score (nSPS) is 10.7. The SMILES string of the molecule is Cc1ccc(SCC(=O)N(C)c2c(N)n(Cc3ccccc3)c(=O)[nH]c2=O)cc1. The Labute approximate surface area is 172 Å².